The monoisotopic (exact) mass is 626 g/mol. The average Bonchev–Trinajstić information content (AvgIpc) is 3.41. The molecule has 41 heavy (non-hydrogen) atoms. The molecule has 0 saturated carbocycles. The van der Waals surface area contributed by atoms with Gasteiger partial charge in [0.25, 0.3) is 11.8 Å². The predicted molar refractivity (Wildman–Crippen MR) is 161 cm³/mol. The molecular weight excluding hydrogens is 593 g/mol. The highest BCUT2D eigenvalue weighted by Crippen LogP contribution is 2.35. The minimum absolute atomic E-state index is 0.105. The topological polar surface area (TPSA) is 151 Å². The standard InChI is InChI=1S/C26H34N4O8S3/c1-13-17(25(35)37-7)21(40-19(13)23(33)29(3)4)27-15(31)9-11-39-12-10-16(32)28-22-18(26(36)38-8)14(2)20(41-22)24(34)30(5)6/h9-12H2,1-8H3,(H,27,31)(H,28,32). The minimum atomic E-state index is -0.651. The lowest BCUT2D eigenvalue weighted by molar-refractivity contribution is -0.116. The number of esters is 2. The van der Waals surface area contributed by atoms with E-state index in [0.717, 1.165) is 22.7 Å². The van der Waals surface area contributed by atoms with Gasteiger partial charge in [-0.2, -0.15) is 11.8 Å². The van der Waals surface area contributed by atoms with Crippen LogP contribution in [0.3, 0.4) is 0 Å². The Balaban J connectivity index is 1.95. The highest BCUT2D eigenvalue weighted by atomic mass is 32.2. The van der Waals surface area contributed by atoms with Crippen LogP contribution in [-0.4, -0.2) is 99.3 Å². The summed E-state index contributed by atoms with van der Waals surface area (Å²) in [5.74, 6) is -1.79. The number of carbonyl (C=O) groups excluding carboxylic acids is 6. The zero-order valence-electron chi connectivity index (χ0n) is 24.2. The number of thiophene rings is 2. The molecule has 0 aliphatic heterocycles. The van der Waals surface area contributed by atoms with Gasteiger partial charge in [-0.05, 0) is 25.0 Å². The van der Waals surface area contributed by atoms with Crippen LogP contribution in [-0.2, 0) is 19.1 Å². The molecule has 0 saturated heterocycles. The highest BCUT2D eigenvalue weighted by Gasteiger charge is 2.28. The van der Waals surface area contributed by atoms with Gasteiger partial charge in [0.05, 0.1) is 35.1 Å². The molecular formula is C26H34N4O8S3. The van der Waals surface area contributed by atoms with Gasteiger partial charge in [-0.3, -0.25) is 19.2 Å². The number of ether oxygens (including phenoxy) is 2. The number of rotatable bonds is 12. The van der Waals surface area contributed by atoms with Gasteiger partial charge in [-0.1, -0.05) is 0 Å². The Morgan fingerprint density at radius 2 is 1.02 bits per heavy atom. The summed E-state index contributed by atoms with van der Waals surface area (Å²) in [4.78, 5) is 78.2. The minimum Gasteiger partial charge on any atom is -0.465 e. The fraction of sp³-hybridized carbons (Fsp3) is 0.462. The lowest BCUT2D eigenvalue weighted by atomic mass is 10.1. The largest absolute Gasteiger partial charge is 0.465 e. The van der Waals surface area contributed by atoms with E-state index in [1.54, 1.807) is 42.0 Å². The fourth-order valence-electron chi connectivity index (χ4n) is 3.52. The molecule has 0 unspecified atom stereocenters. The van der Waals surface area contributed by atoms with Crippen LogP contribution in [0.25, 0.3) is 0 Å². The van der Waals surface area contributed by atoms with Crippen molar-refractivity contribution in [2.45, 2.75) is 26.7 Å². The smallest absolute Gasteiger partial charge is 0.341 e. The Bertz CT molecular complexity index is 1250. The Kier molecular flexibility index (Phi) is 12.3. The van der Waals surface area contributed by atoms with E-state index in [1.807, 2.05) is 0 Å². The van der Waals surface area contributed by atoms with Crippen molar-refractivity contribution in [1.82, 2.24) is 9.80 Å². The van der Waals surface area contributed by atoms with Gasteiger partial charge in [0.15, 0.2) is 0 Å². The maximum absolute atomic E-state index is 12.6. The summed E-state index contributed by atoms with van der Waals surface area (Å²) in [6.07, 6.45) is 0.209. The first-order chi connectivity index (χ1) is 19.2. The summed E-state index contributed by atoms with van der Waals surface area (Å²) in [5, 5.41) is 5.89. The number of carbonyl (C=O) groups is 6. The molecule has 0 bridgehead atoms. The van der Waals surface area contributed by atoms with Crippen LogP contribution in [0.4, 0.5) is 10.0 Å². The van der Waals surface area contributed by atoms with E-state index < -0.39 is 11.9 Å². The summed E-state index contributed by atoms with van der Waals surface area (Å²) >= 11 is 3.40. The highest BCUT2D eigenvalue weighted by molar-refractivity contribution is 7.99. The zero-order valence-corrected chi connectivity index (χ0v) is 26.7. The molecule has 2 aromatic heterocycles. The summed E-state index contributed by atoms with van der Waals surface area (Å²) in [5.41, 5.74) is 1.16. The molecule has 0 aliphatic rings. The number of anilines is 2. The van der Waals surface area contributed by atoms with Gasteiger partial charge in [0.2, 0.25) is 11.8 Å². The van der Waals surface area contributed by atoms with E-state index in [2.05, 4.69) is 10.6 Å². The van der Waals surface area contributed by atoms with Crippen molar-refractivity contribution in [2.24, 2.45) is 0 Å². The second kappa shape index (κ2) is 15.0. The summed E-state index contributed by atoms with van der Waals surface area (Å²) in [6, 6.07) is 0. The van der Waals surface area contributed by atoms with Crippen LogP contribution in [0.2, 0.25) is 0 Å². The van der Waals surface area contributed by atoms with Crippen LogP contribution in [0.1, 0.15) is 64.0 Å². The number of hydrogen-bond donors (Lipinski definition) is 2. The lowest BCUT2D eigenvalue weighted by Gasteiger charge is -2.08. The van der Waals surface area contributed by atoms with Crippen LogP contribution in [0.15, 0.2) is 0 Å². The van der Waals surface area contributed by atoms with E-state index in [4.69, 9.17) is 9.47 Å². The molecule has 2 aromatic rings. The van der Waals surface area contributed by atoms with Gasteiger partial charge in [-0.25, -0.2) is 9.59 Å². The SMILES string of the molecule is COC(=O)c1c(NC(=O)CCSCCC(=O)Nc2sc(C(=O)N(C)C)c(C)c2C(=O)OC)sc(C(=O)N(C)C)c1C. The normalized spacial score (nSPS) is 10.5. The van der Waals surface area contributed by atoms with E-state index >= 15 is 0 Å². The molecule has 4 amide bonds. The Morgan fingerprint density at radius 3 is 1.32 bits per heavy atom. The molecule has 15 heteroatoms. The maximum atomic E-state index is 12.6. The van der Waals surface area contributed by atoms with E-state index in [9.17, 15) is 28.8 Å². The van der Waals surface area contributed by atoms with Crippen molar-refractivity contribution >= 4 is 80.0 Å². The molecule has 0 aliphatic carbocycles. The van der Waals surface area contributed by atoms with Crippen LogP contribution >= 0.6 is 34.4 Å². The van der Waals surface area contributed by atoms with E-state index in [0.29, 0.717) is 32.4 Å². The van der Waals surface area contributed by atoms with Crippen LogP contribution < -0.4 is 10.6 Å². The third-order valence-electron chi connectivity index (χ3n) is 5.73. The van der Waals surface area contributed by atoms with Crippen molar-refractivity contribution in [3.05, 3.63) is 32.0 Å². The molecule has 2 rings (SSSR count). The third kappa shape index (κ3) is 8.30. The second-order valence-electron chi connectivity index (χ2n) is 9.11. The van der Waals surface area contributed by atoms with Gasteiger partial charge in [0.1, 0.15) is 10.0 Å². The van der Waals surface area contributed by atoms with Crippen LogP contribution in [0, 0.1) is 13.8 Å². The Morgan fingerprint density at radius 1 is 0.683 bits per heavy atom. The molecule has 0 aromatic carbocycles. The fourth-order valence-corrected chi connectivity index (χ4v) is 6.85. The summed E-state index contributed by atoms with van der Waals surface area (Å²) in [6.45, 7) is 3.26. The Labute approximate surface area is 250 Å². The third-order valence-corrected chi connectivity index (χ3v) is 9.10. The number of amides is 4. The van der Waals surface area contributed by atoms with Crippen molar-refractivity contribution < 1.29 is 38.2 Å². The Hall–Kier alpha value is -3.43. The number of nitrogens with zero attached hydrogens (tertiary/aromatic N) is 2. The summed E-state index contributed by atoms with van der Waals surface area (Å²) in [7, 11) is 8.83. The summed E-state index contributed by atoms with van der Waals surface area (Å²) < 4.78 is 9.67. The van der Waals surface area contributed by atoms with Crippen molar-refractivity contribution in [3.63, 3.8) is 0 Å². The van der Waals surface area contributed by atoms with E-state index in [-0.39, 0.29) is 57.6 Å². The van der Waals surface area contributed by atoms with Crippen molar-refractivity contribution in [2.75, 3.05) is 64.5 Å². The number of thioether (sulfide) groups is 1. The van der Waals surface area contributed by atoms with E-state index in [1.165, 1.54) is 35.8 Å². The molecule has 0 radical (unpaired) electrons. The molecule has 2 N–H and O–H groups in total. The molecule has 224 valence electrons. The number of hydrogen-bond acceptors (Lipinski definition) is 11. The lowest BCUT2D eigenvalue weighted by Crippen LogP contribution is -2.21. The molecule has 12 nitrogen and oxygen atoms in total. The number of nitrogens with one attached hydrogen (secondary N) is 2. The number of methoxy groups -OCH3 is 2. The van der Waals surface area contributed by atoms with Gasteiger partial charge >= 0.3 is 11.9 Å². The second-order valence-corrected chi connectivity index (χ2v) is 12.4. The zero-order chi connectivity index (χ0) is 31.0. The first-order valence-corrected chi connectivity index (χ1v) is 15.1. The van der Waals surface area contributed by atoms with Crippen LogP contribution in [0.5, 0.6) is 0 Å². The first kappa shape index (κ1) is 33.8. The molecule has 0 atom stereocenters. The quantitative estimate of drug-likeness (QED) is 0.266. The molecule has 2 heterocycles. The van der Waals surface area contributed by atoms with Gasteiger partial charge in [0, 0.05) is 52.5 Å². The van der Waals surface area contributed by atoms with Crippen molar-refractivity contribution in [1.29, 1.82) is 0 Å². The van der Waals surface area contributed by atoms with Gasteiger partial charge < -0.3 is 29.9 Å². The average molecular weight is 627 g/mol. The first-order valence-electron chi connectivity index (χ1n) is 12.3. The van der Waals surface area contributed by atoms with Crippen molar-refractivity contribution in [3.8, 4) is 0 Å². The maximum Gasteiger partial charge on any atom is 0.341 e. The van der Waals surface area contributed by atoms with Gasteiger partial charge in [-0.15, -0.1) is 22.7 Å². The molecule has 0 fully saturated rings. The molecule has 0 spiro atoms. The predicted octanol–water partition coefficient (Wildman–Crippen LogP) is 3.49.